The summed E-state index contributed by atoms with van der Waals surface area (Å²) in [5.41, 5.74) is 0. The number of carbonyl (C=O) groups is 2. The van der Waals surface area contributed by atoms with Gasteiger partial charge in [0.1, 0.15) is 0 Å². The lowest BCUT2D eigenvalue weighted by Crippen LogP contribution is -2.40. The predicted octanol–water partition coefficient (Wildman–Crippen LogP) is 2.43. The SMILES string of the molecule is COC(=O)C1CCN(C(=O)c2ccc(Cl)s2)CC1. The van der Waals surface area contributed by atoms with Gasteiger partial charge in [0.2, 0.25) is 0 Å². The highest BCUT2D eigenvalue weighted by Gasteiger charge is 2.28. The predicted molar refractivity (Wildman–Crippen MR) is 70.0 cm³/mol. The molecule has 0 N–H and O–H groups in total. The molecule has 0 bridgehead atoms. The van der Waals surface area contributed by atoms with Crippen LogP contribution in [0.2, 0.25) is 4.34 Å². The number of hydrogen-bond acceptors (Lipinski definition) is 4. The molecule has 0 aromatic carbocycles. The highest BCUT2D eigenvalue weighted by Crippen LogP contribution is 2.25. The van der Waals surface area contributed by atoms with E-state index in [1.165, 1.54) is 18.4 Å². The fourth-order valence-electron chi connectivity index (χ4n) is 2.07. The summed E-state index contributed by atoms with van der Waals surface area (Å²) in [6.07, 6.45) is 1.33. The zero-order chi connectivity index (χ0) is 13.1. The number of carbonyl (C=O) groups excluding carboxylic acids is 2. The highest BCUT2D eigenvalue weighted by molar-refractivity contribution is 7.17. The molecule has 1 amide bonds. The molecule has 1 fully saturated rings. The second-order valence-electron chi connectivity index (χ2n) is 4.19. The molecule has 0 saturated carbocycles. The minimum Gasteiger partial charge on any atom is -0.469 e. The number of amides is 1. The number of nitrogens with zero attached hydrogens (tertiary/aromatic N) is 1. The molecular weight excluding hydrogens is 274 g/mol. The highest BCUT2D eigenvalue weighted by atomic mass is 35.5. The minimum atomic E-state index is -0.179. The average Bonchev–Trinajstić information content (AvgIpc) is 2.84. The summed E-state index contributed by atoms with van der Waals surface area (Å²) in [6.45, 7) is 1.18. The van der Waals surface area contributed by atoms with Crippen LogP contribution in [0.3, 0.4) is 0 Å². The van der Waals surface area contributed by atoms with E-state index >= 15 is 0 Å². The van der Waals surface area contributed by atoms with Gasteiger partial charge in [0.25, 0.3) is 5.91 Å². The first-order valence-electron chi connectivity index (χ1n) is 5.74. The van der Waals surface area contributed by atoms with Crippen LogP contribution >= 0.6 is 22.9 Å². The number of piperidine rings is 1. The normalized spacial score (nSPS) is 16.7. The molecule has 1 aliphatic heterocycles. The van der Waals surface area contributed by atoms with Gasteiger partial charge in [-0.15, -0.1) is 11.3 Å². The van der Waals surface area contributed by atoms with Crippen molar-refractivity contribution in [3.63, 3.8) is 0 Å². The van der Waals surface area contributed by atoms with Gasteiger partial charge >= 0.3 is 5.97 Å². The molecule has 2 heterocycles. The Balaban J connectivity index is 1.94. The topological polar surface area (TPSA) is 46.6 Å². The Morgan fingerprint density at radius 1 is 1.39 bits per heavy atom. The Morgan fingerprint density at radius 2 is 2.06 bits per heavy atom. The van der Waals surface area contributed by atoms with Gasteiger partial charge in [0.05, 0.1) is 22.2 Å². The van der Waals surface area contributed by atoms with Crippen molar-refractivity contribution < 1.29 is 14.3 Å². The van der Waals surface area contributed by atoms with E-state index in [1.807, 2.05) is 0 Å². The zero-order valence-electron chi connectivity index (χ0n) is 10.0. The molecule has 0 aliphatic carbocycles. The third kappa shape index (κ3) is 2.84. The Kier molecular flexibility index (Phi) is 4.24. The van der Waals surface area contributed by atoms with Crippen LogP contribution in [0.25, 0.3) is 0 Å². The van der Waals surface area contributed by atoms with E-state index in [1.54, 1.807) is 17.0 Å². The molecule has 0 unspecified atom stereocenters. The van der Waals surface area contributed by atoms with Crippen molar-refractivity contribution in [2.75, 3.05) is 20.2 Å². The lowest BCUT2D eigenvalue weighted by molar-refractivity contribution is -0.146. The van der Waals surface area contributed by atoms with E-state index in [4.69, 9.17) is 16.3 Å². The number of likely N-dealkylation sites (tertiary alicyclic amines) is 1. The van der Waals surface area contributed by atoms with Crippen LogP contribution in [0.5, 0.6) is 0 Å². The van der Waals surface area contributed by atoms with E-state index in [0.717, 1.165) is 0 Å². The summed E-state index contributed by atoms with van der Waals surface area (Å²) in [5, 5.41) is 0. The van der Waals surface area contributed by atoms with Gasteiger partial charge in [-0.1, -0.05) is 11.6 Å². The van der Waals surface area contributed by atoms with Crippen LogP contribution in [-0.4, -0.2) is 37.0 Å². The maximum absolute atomic E-state index is 12.1. The molecular formula is C12H14ClNO3S. The van der Waals surface area contributed by atoms with Crippen LogP contribution in [-0.2, 0) is 9.53 Å². The van der Waals surface area contributed by atoms with Crippen LogP contribution in [0, 0.1) is 5.92 Å². The Morgan fingerprint density at radius 3 is 2.56 bits per heavy atom. The van der Waals surface area contributed by atoms with Crippen molar-refractivity contribution in [3.8, 4) is 0 Å². The van der Waals surface area contributed by atoms with Crippen molar-refractivity contribution in [2.24, 2.45) is 5.92 Å². The molecule has 6 heteroatoms. The van der Waals surface area contributed by atoms with Gasteiger partial charge in [0.15, 0.2) is 0 Å². The Labute approximate surface area is 114 Å². The number of thiophene rings is 1. The second-order valence-corrected chi connectivity index (χ2v) is 5.91. The van der Waals surface area contributed by atoms with Crippen molar-refractivity contribution in [1.29, 1.82) is 0 Å². The van der Waals surface area contributed by atoms with Gasteiger partial charge in [0, 0.05) is 13.1 Å². The second kappa shape index (κ2) is 5.71. The number of esters is 1. The van der Waals surface area contributed by atoms with Crippen LogP contribution in [0.1, 0.15) is 22.5 Å². The van der Waals surface area contributed by atoms with E-state index < -0.39 is 0 Å². The molecule has 18 heavy (non-hydrogen) atoms. The minimum absolute atomic E-state index is 0.00443. The summed E-state index contributed by atoms with van der Waals surface area (Å²) in [5.74, 6) is -0.262. The lowest BCUT2D eigenvalue weighted by atomic mass is 9.97. The number of hydrogen-bond donors (Lipinski definition) is 0. The number of rotatable bonds is 2. The standard InChI is InChI=1S/C12H14ClNO3S/c1-17-12(16)8-4-6-14(7-5-8)11(15)9-2-3-10(13)18-9/h2-3,8H,4-7H2,1H3. The largest absolute Gasteiger partial charge is 0.469 e. The molecule has 0 atom stereocenters. The monoisotopic (exact) mass is 287 g/mol. The lowest BCUT2D eigenvalue weighted by Gasteiger charge is -2.30. The smallest absolute Gasteiger partial charge is 0.308 e. The van der Waals surface area contributed by atoms with Gasteiger partial charge < -0.3 is 9.64 Å². The molecule has 98 valence electrons. The number of ether oxygens (including phenoxy) is 1. The molecule has 4 nitrogen and oxygen atoms in total. The van der Waals surface area contributed by atoms with Crippen LogP contribution in [0.15, 0.2) is 12.1 Å². The van der Waals surface area contributed by atoms with E-state index in [0.29, 0.717) is 35.1 Å². The van der Waals surface area contributed by atoms with Crippen LogP contribution in [0.4, 0.5) is 0 Å². The molecule has 0 radical (unpaired) electrons. The summed E-state index contributed by atoms with van der Waals surface area (Å²) in [4.78, 5) is 25.9. The summed E-state index contributed by atoms with van der Waals surface area (Å²) in [6, 6.07) is 3.46. The fourth-order valence-corrected chi connectivity index (χ4v) is 3.08. The van der Waals surface area contributed by atoms with E-state index in [-0.39, 0.29) is 17.8 Å². The first kappa shape index (κ1) is 13.4. The summed E-state index contributed by atoms with van der Waals surface area (Å²) >= 11 is 7.10. The number of halogens is 1. The van der Waals surface area contributed by atoms with Crippen LogP contribution < -0.4 is 0 Å². The van der Waals surface area contributed by atoms with Crippen molar-refractivity contribution in [1.82, 2.24) is 4.90 Å². The average molecular weight is 288 g/mol. The quantitative estimate of drug-likeness (QED) is 0.785. The number of methoxy groups -OCH3 is 1. The fraction of sp³-hybridized carbons (Fsp3) is 0.500. The zero-order valence-corrected chi connectivity index (χ0v) is 11.6. The molecule has 2 rings (SSSR count). The van der Waals surface area contributed by atoms with E-state index in [9.17, 15) is 9.59 Å². The molecule has 1 aromatic heterocycles. The maximum atomic E-state index is 12.1. The Hall–Kier alpha value is -1.07. The van der Waals surface area contributed by atoms with Crippen molar-refractivity contribution >= 4 is 34.8 Å². The first-order valence-corrected chi connectivity index (χ1v) is 6.93. The van der Waals surface area contributed by atoms with Gasteiger partial charge in [-0.3, -0.25) is 9.59 Å². The summed E-state index contributed by atoms with van der Waals surface area (Å²) < 4.78 is 5.33. The van der Waals surface area contributed by atoms with Crippen molar-refractivity contribution in [2.45, 2.75) is 12.8 Å². The maximum Gasteiger partial charge on any atom is 0.308 e. The van der Waals surface area contributed by atoms with Gasteiger partial charge in [-0.25, -0.2) is 0 Å². The van der Waals surface area contributed by atoms with E-state index in [2.05, 4.69) is 0 Å². The summed E-state index contributed by atoms with van der Waals surface area (Å²) in [7, 11) is 1.40. The first-order chi connectivity index (χ1) is 8.61. The van der Waals surface area contributed by atoms with Gasteiger partial charge in [-0.2, -0.15) is 0 Å². The molecule has 1 saturated heterocycles. The van der Waals surface area contributed by atoms with Crippen molar-refractivity contribution in [3.05, 3.63) is 21.3 Å². The third-order valence-corrected chi connectivity index (χ3v) is 4.32. The Bertz CT molecular complexity index is 452. The van der Waals surface area contributed by atoms with Gasteiger partial charge in [-0.05, 0) is 25.0 Å². The molecule has 1 aliphatic rings. The molecule has 0 spiro atoms. The molecule has 1 aromatic rings. The third-order valence-electron chi connectivity index (χ3n) is 3.10.